The van der Waals surface area contributed by atoms with Gasteiger partial charge in [-0.3, -0.25) is 15.2 Å². The van der Waals surface area contributed by atoms with E-state index in [-0.39, 0.29) is 37.0 Å². The Bertz CT molecular complexity index is 1100. The summed E-state index contributed by atoms with van der Waals surface area (Å²) < 4.78 is 35.2. The van der Waals surface area contributed by atoms with Crippen molar-refractivity contribution < 1.29 is 18.3 Å². The third-order valence-electron chi connectivity index (χ3n) is 4.73. The van der Waals surface area contributed by atoms with Crippen molar-refractivity contribution in [2.24, 2.45) is 5.73 Å². The van der Waals surface area contributed by atoms with Crippen molar-refractivity contribution in [1.82, 2.24) is 10.3 Å². The Labute approximate surface area is 196 Å². The Morgan fingerprint density at radius 3 is 2.30 bits per heavy atom. The SMILES string of the molecule is CCO[C@@H](C(=O)NCc1ccc(C(=N)N)cc1)c1c(F)cc(-c2ccc(N)cn2)cc1F.Cl. The second-order valence-electron chi connectivity index (χ2n) is 6.99. The molecule has 0 saturated carbocycles. The van der Waals surface area contributed by atoms with E-state index in [0.717, 1.165) is 17.7 Å². The number of amidine groups is 1. The van der Waals surface area contributed by atoms with Gasteiger partial charge in [0.15, 0.2) is 6.10 Å². The van der Waals surface area contributed by atoms with E-state index in [1.54, 1.807) is 43.3 Å². The lowest BCUT2D eigenvalue weighted by Gasteiger charge is -2.19. The number of nitrogens with two attached hydrogens (primary N) is 2. The molecule has 1 heterocycles. The highest BCUT2D eigenvalue weighted by Gasteiger charge is 2.28. The number of anilines is 1. The first kappa shape index (κ1) is 25.7. The molecule has 7 nitrogen and oxygen atoms in total. The summed E-state index contributed by atoms with van der Waals surface area (Å²) in [7, 11) is 0. The zero-order valence-electron chi connectivity index (χ0n) is 17.8. The minimum atomic E-state index is -1.47. The number of aromatic nitrogens is 1. The van der Waals surface area contributed by atoms with Crippen LogP contribution in [0.1, 0.15) is 29.7 Å². The van der Waals surface area contributed by atoms with Crippen LogP contribution in [0.15, 0.2) is 54.7 Å². The van der Waals surface area contributed by atoms with Crippen molar-refractivity contribution in [3.05, 3.63) is 83.1 Å². The molecule has 0 aliphatic rings. The lowest BCUT2D eigenvalue weighted by atomic mass is 10.0. The van der Waals surface area contributed by atoms with Gasteiger partial charge in [-0.25, -0.2) is 8.78 Å². The molecule has 3 aromatic rings. The van der Waals surface area contributed by atoms with Gasteiger partial charge in [-0.15, -0.1) is 12.4 Å². The molecule has 6 N–H and O–H groups in total. The standard InChI is InChI=1S/C23H23F2N5O2.ClH/c1-2-32-21(23(31)30-11-13-3-5-14(6-4-13)22(27)28)20-17(24)9-15(10-18(20)25)19-8-7-16(26)12-29-19;/h3-10,12,21H,2,11,26H2,1H3,(H3,27,28)(H,30,31);1H/t21-;/m1./s1. The Balaban J connectivity index is 0.00000385. The Hall–Kier alpha value is -3.56. The molecular weight excluding hydrogens is 452 g/mol. The van der Waals surface area contributed by atoms with E-state index in [0.29, 0.717) is 16.9 Å². The van der Waals surface area contributed by atoms with Crippen molar-refractivity contribution in [2.45, 2.75) is 19.6 Å². The quantitative estimate of drug-likeness (QED) is 0.292. The van der Waals surface area contributed by atoms with E-state index in [4.69, 9.17) is 21.6 Å². The predicted molar refractivity (Wildman–Crippen MR) is 125 cm³/mol. The monoisotopic (exact) mass is 475 g/mol. The number of carbonyl (C=O) groups is 1. The minimum Gasteiger partial charge on any atom is -0.397 e. The van der Waals surface area contributed by atoms with Crippen molar-refractivity contribution in [1.29, 1.82) is 5.41 Å². The van der Waals surface area contributed by atoms with E-state index in [1.165, 1.54) is 6.20 Å². The topological polar surface area (TPSA) is 127 Å². The molecule has 1 amide bonds. The van der Waals surface area contributed by atoms with E-state index >= 15 is 0 Å². The number of rotatable bonds is 8. The van der Waals surface area contributed by atoms with Crippen LogP contribution in [0.25, 0.3) is 11.3 Å². The van der Waals surface area contributed by atoms with Crippen LogP contribution in [-0.2, 0) is 16.1 Å². The number of nitrogen functional groups attached to an aromatic ring is 2. The van der Waals surface area contributed by atoms with E-state index < -0.39 is 29.2 Å². The fourth-order valence-electron chi connectivity index (χ4n) is 3.10. The molecule has 0 bridgehead atoms. The van der Waals surface area contributed by atoms with Crippen molar-refractivity contribution in [3.8, 4) is 11.3 Å². The fraction of sp³-hybridized carbons (Fsp3) is 0.174. The van der Waals surface area contributed by atoms with Crippen LogP contribution in [0, 0.1) is 17.0 Å². The molecule has 2 aromatic carbocycles. The lowest BCUT2D eigenvalue weighted by Crippen LogP contribution is -2.31. The largest absolute Gasteiger partial charge is 0.397 e. The van der Waals surface area contributed by atoms with Crippen molar-refractivity contribution in [3.63, 3.8) is 0 Å². The third kappa shape index (κ3) is 6.24. The van der Waals surface area contributed by atoms with E-state index in [9.17, 15) is 13.6 Å². The summed E-state index contributed by atoms with van der Waals surface area (Å²) in [5.74, 6) is -2.59. The number of hydrogen-bond donors (Lipinski definition) is 4. The summed E-state index contributed by atoms with van der Waals surface area (Å²) in [5.41, 5.74) is 12.8. The number of halogens is 3. The molecule has 10 heteroatoms. The number of amides is 1. The van der Waals surface area contributed by atoms with Gasteiger partial charge in [-0.05, 0) is 36.8 Å². The highest BCUT2D eigenvalue weighted by Crippen LogP contribution is 2.29. The highest BCUT2D eigenvalue weighted by molar-refractivity contribution is 5.94. The van der Waals surface area contributed by atoms with Gasteiger partial charge in [0.2, 0.25) is 0 Å². The molecule has 33 heavy (non-hydrogen) atoms. The average molecular weight is 476 g/mol. The van der Waals surface area contributed by atoms with Crippen LogP contribution >= 0.6 is 12.4 Å². The summed E-state index contributed by atoms with van der Waals surface area (Å²) >= 11 is 0. The zero-order valence-corrected chi connectivity index (χ0v) is 18.6. The third-order valence-corrected chi connectivity index (χ3v) is 4.73. The first-order chi connectivity index (χ1) is 15.3. The van der Waals surface area contributed by atoms with Crippen LogP contribution in [0.3, 0.4) is 0 Å². The smallest absolute Gasteiger partial charge is 0.254 e. The summed E-state index contributed by atoms with van der Waals surface area (Å²) in [4.78, 5) is 16.8. The number of nitrogens with zero attached hydrogens (tertiary/aromatic N) is 1. The first-order valence-electron chi connectivity index (χ1n) is 9.83. The van der Waals surface area contributed by atoms with Crippen LogP contribution in [-0.4, -0.2) is 23.3 Å². The number of benzene rings is 2. The first-order valence-corrected chi connectivity index (χ1v) is 9.83. The van der Waals surface area contributed by atoms with Gasteiger partial charge in [0, 0.05) is 24.3 Å². The second-order valence-corrected chi connectivity index (χ2v) is 6.99. The van der Waals surface area contributed by atoms with Gasteiger partial charge in [0.1, 0.15) is 17.5 Å². The second kappa shape index (κ2) is 11.3. The molecule has 1 aromatic heterocycles. The molecule has 0 fully saturated rings. The van der Waals surface area contributed by atoms with Crippen LogP contribution < -0.4 is 16.8 Å². The molecule has 174 valence electrons. The van der Waals surface area contributed by atoms with Crippen LogP contribution in [0.4, 0.5) is 14.5 Å². The van der Waals surface area contributed by atoms with Crippen molar-refractivity contribution in [2.75, 3.05) is 12.3 Å². The van der Waals surface area contributed by atoms with Crippen molar-refractivity contribution >= 4 is 29.8 Å². The highest BCUT2D eigenvalue weighted by atomic mass is 35.5. The Morgan fingerprint density at radius 1 is 1.15 bits per heavy atom. The molecule has 0 spiro atoms. The fourth-order valence-corrected chi connectivity index (χ4v) is 3.10. The van der Waals surface area contributed by atoms with E-state index in [1.807, 2.05) is 0 Å². The number of pyridine rings is 1. The lowest BCUT2D eigenvalue weighted by molar-refractivity contribution is -0.133. The molecule has 0 unspecified atom stereocenters. The van der Waals surface area contributed by atoms with Gasteiger partial charge in [0.25, 0.3) is 5.91 Å². The summed E-state index contributed by atoms with van der Waals surface area (Å²) in [6.07, 6.45) is -0.0803. The summed E-state index contributed by atoms with van der Waals surface area (Å²) in [6, 6.07) is 12.0. The predicted octanol–water partition coefficient (Wildman–Crippen LogP) is 3.71. The van der Waals surface area contributed by atoms with Gasteiger partial charge in [-0.2, -0.15) is 0 Å². The molecule has 3 rings (SSSR count). The van der Waals surface area contributed by atoms with Gasteiger partial charge in [0.05, 0.1) is 23.1 Å². The average Bonchev–Trinajstić information content (AvgIpc) is 2.77. The molecular formula is C23H24ClF2N5O2. The maximum atomic E-state index is 14.9. The Kier molecular flexibility index (Phi) is 8.84. The number of nitrogens with one attached hydrogen (secondary N) is 2. The molecule has 0 aliphatic carbocycles. The molecule has 0 radical (unpaired) electrons. The van der Waals surface area contributed by atoms with Gasteiger partial charge in [-0.1, -0.05) is 24.3 Å². The summed E-state index contributed by atoms with van der Waals surface area (Å²) in [6.45, 7) is 1.81. The minimum absolute atomic E-state index is 0. The Morgan fingerprint density at radius 2 is 1.79 bits per heavy atom. The zero-order chi connectivity index (χ0) is 23.3. The maximum absolute atomic E-state index is 14.9. The van der Waals surface area contributed by atoms with Crippen LogP contribution in [0.2, 0.25) is 0 Å². The number of hydrogen-bond acceptors (Lipinski definition) is 5. The normalized spacial score (nSPS) is 11.4. The van der Waals surface area contributed by atoms with Gasteiger partial charge >= 0.3 is 0 Å². The summed E-state index contributed by atoms with van der Waals surface area (Å²) in [5, 5.41) is 10.0. The molecule has 1 atom stereocenters. The molecule has 0 aliphatic heterocycles. The molecule has 0 saturated heterocycles. The van der Waals surface area contributed by atoms with E-state index in [2.05, 4.69) is 10.3 Å². The van der Waals surface area contributed by atoms with Gasteiger partial charge < -0.3 is 21.5 Å². The van der Waals surface area contributed by atoms with Crippen LogP contribution in [0.5, 0.6) is 0 Å². The maximum Gasteiger partial charge on any atom is 0.254 e. The number of carbonyl (C=O) groups excluding carboxylic acids is 1. The number of ether oxygens (including phenoxy) is 1.